The summed E-state index contributed by atoms with van der Waals surface area (Å²) in [7, 11) is 0. The lowest BCUT2D eigenvalue weighted by molar-refractivity contribution is -0.137. The first kappa shape index (κ1) is 13.5. The zero-order valence-electron chi connectivity index (χ0n) is 10.3. The molecule has 1 atom stereocenters. The average molecular weight is 237 g/mol. The van der Waals surface area contributed by atoms with E-state index in [9.17, 15) is 4.79 Å². The number of carbonyl (C=O) groups is 1. The Morgan fingerprint density at radius 3 is 2.76 bits per heavy atom. The number of aliphatic carboxylic acids is 1. The van der Waals surface area contributed by atoms with E-state index in [2.05, 4.69) is 0 Å². The van der Waals surface area contributed by atoms with Gasteiger partial charge < -0.3 is 15.6 Å². The third-order valence-corrected chi connectivity index (χ3v) is 2.60. The molecule has 3 N–H and O–H groups in total. The van der Waals surface area contributed by atoms with Gasteiger partial charge >= 0.3 is 5.97 Å². The van der Waals surface area contributed by atoms with E-state index in [1.165, 1.54) is 0 Å². The summed E-state index contributed by atoms with van der Waals surface area (Å²) in [6.07, 6.45) is 0.538. The van der Waals surface area contributed by atoms with Crippen molar-refractivity contribution in [1.29, 1.82) is 0 Å². The minimum atomic E-state index is -0.817. The summed E-state index contributed by atoms with van der Waals surface area (Å²) in [5.41, 5.74) is 7.91. The largest absolute Gasteiger partial charge is 0.494 e. The smallest absolute Gasteiger partial charge is 0.303 e. The number of benzene rings is 1. The second-order valence-corrected chi connectivity index (χ2v) is 4.00. The van der Waals surface area contributed by atoms with Crippen molar-refractivity contribution in [2.24, 2.45) is 5.73 Å². The van der Waals surface area contributed by atoms with Crippen LogP contribution in [-0.2, 0) is 4.79 Å². The van der Waals surface area contributed by atoms with E-state index >= 15 is 0 Å². The summed E-state index contributed by atoms with van der Waals surface area (Å²) >= 11 is 0. The van der Waals surface area contributed by atoms with Gasteiger partial charge in [0, 0.05) is 12.5 Å². The minimum absolute atomic E-state index is 0.0907. The van der Waals surface area contributed by atoms with E-state index in [-0.39, 0.29) is 12.5 Å². The Morgan fingerprint density at radius 2 is 2.24 bits per heavy atom. The second kappa shape index (κ2) is 6.25. The Bertz CT molecular complexity index is 390. The highest BCUT2D eigenvalue weighted by molar-refractivity contribution is 5.66. The summed E-state index contributed by atoms with van der Waals surface area (Å²) in [4.78, 5) is 10.5. The molecule has 1 aromatic rings. The monoisotopic (exact) mass is 237 g/mol. The average Bonchev–Trinajstić information content (AvgIpc) is 2.28. The van der Waals surface area contributed by atoms with Crippen molar-refractivity contribution < 1.29 is 14.6 Å². The fourth-order valence-electron chi connectivity index (χ4n) is 1.67. The Morgan fingerprint density at radius 1 is 1.53 bits per heavy atom. The SMILES string of the molecule is CCOc1ccc(C(N)CCC(=O)O)cc1C. The zero-order valence-corrected chi connectivity index (χ0v) is 10.3. The van der Waals surface area contributed by atoms with Crippen molar-refractivity contribution in [3.8, 4) is 5.75 Å². The van der Waals surface area contributed by atoms with Crippen LogP contribution in [0.5, 0.6) is 5.75 Å². The van der Waals surface area contributed by atoms with Crippen LogP contribution in [0.1, 0.15) is 36.9 Å². The standard InChI is InChI=1S/C13H19NO3/c1-3-17-12-6-4-10(8-9(12)2)11(14)5-7-13(15)16/h4,6,8,11H,3,5,7,14H2,1-2H3,(H,15,16). The molecule has 0 fully saturated rings. The minimum Gasteiger partial charge on any atom is -0.494 e. The number of aryl methyl sites for hydroxylation is 1. The molecule has 4 heteroatoms. The number of ether oxygens (including phenoxy) is 1. The van der Waals surface area contributed by atoms with E-state index in [0.717, 1.165) is 16.9 Å². The highest BCUT2D eigenvalue weighted by atomic mass is 16.5. The molecule has 17 heavy (non-hydrogen) atoms. The molecule has 1 unspecified atom stereocenters. The van der Waals surface area contributed by atoms with Crippen LogP contribution in [0.15, 0.2) is 18.2 Å². The molecule has 0 spiro atoms. The van der Waals surface area contributed by atoms with Crippen molar-refractivity contribution in [3.63, 3.8) is 0 Å². The van der Waals surface area contributed by atoms with Gasteiger partial charge in [0.05, 0.1) is 6.61 Å². The first-order valence-electron chi connectivity index (χ1n) is 5.75. The first-order valence-corrected chi connectivity index (χ1v) is 5.75. The van der Waals surface area contributed by atoms with Gasteiger partial charge in [0.25, 0.3) is 0 Å². The maximum atomic E-state index is 10.5. The highest BCUT2D eigenvalue weighted by Gasteiger charge is 2.10. The van der Waals surface area contributed by atoms with Crippen LogP contribution in [0.3, 0.4) is 0 Å². The summed E-state index contributed by atoms with van der Waals surface area (Å²) in [6.45, 7) is 4.52. The van der Waals surface area contributed by atoms with Crippen LogP contribution in [0.4, 0.5) is 0 Å². The molecule has 0 aliphatic carbocycles. The maximum Gasteiger partial charge on any atom is 0.303 e. The summed E-state index contributed by atoms with van der Waals surface area (Å²) < 4.78 is 5.43. The summed E-state index contributed by atoms with van der Waals surface area (Å²) in [5, 5.41) is 8.60. The lowest BCUT2D eigenvalue weighted by Gasteiger charge is -2.13. The van der Waals surface area contributed by atoms with Gasteiger partial charge in [0.15, 0.2) is 0 Å². The number of carboxylic acid groups (broad SMARTS) is 1. The normalized spacial score (nSPS) is 12.2. The molecule has 0 saturated heterocycles. The molecule has 0 saturated carbocycles. The van der Waals surface area contributed by atoms with Gasteiger partial charge in [0.1, 0.15) is 5.75 Å². The van der Waals surface area contributed by atoms with Crippen LogP contribution in [-0.4, -0.2) is 17.7 Å². The number of rotatable bonds is 6. The van der Waals surface area contributed by atoms with Gasteiger partial charge in [-0.05, 0) is 37.5 Å². The van der Waals surface area contributed by atoms with Gasteiger partial charge in [-0.3, -0.25) is 4.79 Å². The number of carboxylic acids is 1. The lowest BCUT2D eigenvalue weighted by Crippen LogP contribution is -2.12. The maximum absolute atomic E-state index is 10.5. The van der Waals surface area contributed by atoms with Crippen LogP contribution >= 0.6 is 0 Å². The number of nitrogens with two attached hydrogens (primary N) is 1. The molecule has 0 amide bonds. The third kappa shape index (κ3) is 4.07. The fraction of sp³-hybridized carbons (Fsp3) is 0.462. The van der Waals surface area contributed by atoms with Gasteiger partial charge in [0.2, 0.25) is 0 Å². The van der Waals surface area contributed by atoms with E-state index in [1.807, 2.05) is 32.0 Å². The predicted octanol–water partition coefficient (Wildman–Crippen LogP) is 2.26. The van der Waals surface area contributed by atoms with Crippen LogP contribution < -0.4 is 10.5 Å². The quantitative estimate of drug-likeness (QED) is 0.796. The van der Waals surface area contributed by atoms with Crippen LogP contribution in [0, 0.1) is 6.92 Å². The lowest BCUT2D eigenvalue weighted by atomic mass is 10.0. The molecule has 0 aliphatic rings. The molecule has 4 nitrogen and oxygen atoms in total. The molecule has 1 rings (SSSR count). The zero-order chi connectivity index (χ0) is 12.8. The van der Waals surface area contributed by atoms with Crippen molar-refractivity contribution in [2.75, 3.05) is 6.61 Å². The van der Waals surface area contributed by atoms with Crippen LogP contribution in [0.25, 0.3) is 0 Å². The Balaban J connectivity index is 2.71. The fourth-order valence-corrected chi connectivity index (χ4v) is 1.67. The molecule has 0 heterocycles. The Labute approximate surface area is 101 Å². The van der Waals surface area contributed by atoms with E-state index in [0.29, 0.717) is 13.0 Å². The molecule has 0 bridgehead atoms. The van der Waals surface area contributed by atoms with Gasteiger partial charge in [-0.15, -0.1) is 0 Å². The Kier molecular flexibility index (Phi) is 4.97. The summed E-state index contributed by atoms with van der Waals surface area (Å²) in [5.74, 6) is 0.0322. The van der Waals surface area contributed by atoms with Crippen molar-refractivity contribution in [2.45, 2.75) is 32.7 Å². The molecule has 94 valence electrons. The molecular weight excluding hydrogens is 218 g/mol. The summed E-state index contributed by atoms with van der Waals surface area (Å²) in [6, 6.07) is 5.50. The van der Waals surface area contributed by atoms with Crippen molar-refractivity contribution in [3.05, 3.63) is 29.3 Å². The number of hydrogen-bond donors (Lipinski definition) is 2. The molecule has 1 aromatic carbocycles. The van der Waals surface area contributed by atoms with E-state index < -0.39 is 5.97 Å². The second-order valence-electron chi connectivity index (χ2n) is 4.00. The van der Waals surface area contributed by atoms with Crippen molar-refractivity contribution in [1.82, 2.24) is 0 Å². The van der Waals surface area contributed by atoms with Gasteiger partial charge in [-0.25, -0.2) is 0 Å². The van der Waals surface area contributed by atoms with Gasteiger partial charge in [-0.1, -0.05) is 12.1 Å². The number of hydrogen-bond acceptors (Lipinski definition) is 3. The molecule has 0 aromatic heterocycles. The highest BCUT2D eigenvalue weighted by Crippen LogP contribution is 2.23. The van der Waals surface area contributed by atoms with E-state index in [4.69, 9.17) is 15.6 Å². The molecular formula is C13H19NO3. The van der Waals surface area contributed by atoms with Crippen molar-refractivity contribution >= 4 is 5.97 Å². The predicted molar refractivity (Wildman–Crippen MR) is 66.1 cm³/mol. The first-order chi connectivity index (χ1) is 8.04. The Hall–Kier alpha value is -1.55. The van der Waals surface area contributed by atoms with Crippen LogP contribution in [0.2, 0.25) is 0 Å². The third-order valence-electron chi connectivity index (χ3n) is 2.60. The molecule has 0 radical (unpaired) electrons. The van der Waals surface area contributed by atoms with E-state index in [1.54, 1.807) is 0 Å². The molecule has 0 aliphatic heterocycles. The van der Waals surface area contributed by atoms with Gasteiger partial charge in [-0.2, -0.15) is 0 Å². The topological polar surface area (TPSA) is 72.5 Å².